The minimum absolute atomic E-state index is 0.0787. The summed E-state index contributed by atoms with van der Waals surface area (Å²) in [6, 6.07) is 24.8. The number of β-amino-alcohol motifs (C(OH)–C–C–N with tert-alkyl or cyclic N) is 1. The third-order valence-electron chi connectivity index (χ3n) is 5.60. The molecular weight excluding hydrogens is 384 g/mol. The van der Waals surface area contributed by atoms with Gasteiger partial charge in [-0.2, -0.15) is 5.10 Å². The zero-order chi connectivity index (χ0) is 22.2. The Morgan fingerprint density at radius 2 is 1.65 bits per heavy atom. The molecule has 1 unspecified atom stereocenters. The summed E-state index contributed by atoms with van der Waals surface area (Å²) in [5.74, 6) is 0.863. The molecule has 31 heavy (non-hydrogen) atoms. The number of nitrogens with zero attached hydrogens (tertiary/aromatic N) is 2. The Kier molecular flexibility index (Phi) is 7.85. The van der Waals surface area contributed by atoms with Gasteiger partial charge in [0.1, 0.15) is 5.75 Å². The van der Waals surface area contributed by atoms with Gasteiger partial charge in [0.25, 0.3) is 0 Å². The van der Waals surface area contributed by atoms with E-state index in [9.17, 15) is 5.11 Å². The van der Waals surface area contributed by atoms with Gasteiger partial charge in [-0.25, -0.2) is 0 Å². The molecule has 1 N–H and O–H groups in total. The fraction of sp³-hybridized carbons (Fsp3) is 0.296. The number of benzene rings is 3. The summed E-state index contributed by atoms with van der Waals surface area (Å²) >= 11 is 0. The van der Waals surface area contributed by atoms with E-state index in [4.69, 9.17) is 9.84 Å². The van der Waals surface area contributed by atoms with E-state index in [0.717, 1.165) is 29.0 Å². The molecule has 0 aliphatic carbocycles. The third kappa shape index (κ3) is 5.74. The topological polar surface area (TPSA) is 45.1 Å². The van der Waals surface area contributed by atoms with Crippen LogP contribution in [-0.2, 0) is 0 Å². The lowest BCUT2D eigenvalue weighted by molar-refractivity contribution is 0.170. The molecule has 1 heterocycles. The number of hydrogen-bond acceptors (Lipinski definition) is 4. The molecule has 3 aromatic rings. The highest BCUT2D eigenvalue weighted by molar-refractivity contribution is 6.02. The molecule has 0 bridgehead atoms. The number of aliphatic hydroxyl groups excluding tert-OH is 1. The highest BCUT2D eigenvalue weighted by atomic mass is 16.5. The Morgan fingerprint density at radius 3 is 2.26 bits per heavy atom. The maximum atomic E-state index is 9.41. The predicted octanol–water partition coefficient (Wildman–Crippen LogP) is 5.45. The largest absolute Gasteiger partial charge is 0.496 e. The first-order chi connectivity index (χ1) is 15.0. The smallest absolute Gasteiger partial charge is 0.124 e. The molecule has 0 radical (unpaired) electrons. The number of hydrogen-bond donors (Lipinski definition) is 1. The average molecular weight is 417 g/mol. The van der Waals surface area contributed by atoms with Crippen molar-refractivity contribution in [3.8, 4) is 5.75 Å². The Bertz CT molecular complexity index is 1010. The van der Waals surface area contributed by atoms with Gasteiger partial charge in [0.15, 0.2) is 0 Å². The SMILES string of the molecule is COc1ccccc1C1CC(c2ccc(C)c(C)c2)=NN1CCO.Cc1ccccc1. The Balaban J connectivity index is 0.000000330. The molecule has 0 saturated heterocycles. The van der Waals surface area contributed by atoms with Gasteiger partial charge < -0.3 is 9.84 Å². The van der Waals surface area contributed by atoms with Crippen LogP contribution in [0.1, 0.15) is 40.3 Å². The standard InChI is InChI=1S/C20H24N2O2.C7H8/c1-14-8-9-16(12-15(14)2)18-13-19(22(21-18)10-11-23)17-6-4-5-7-20(17)24-3;1-7-5-3-2-4-6-7/h4-9,12,19,23H,10-11,13H2,1-3H3;2-6H,1H3. The summed E-state index contributed by atoms with van der Waals surface area (Å²) in [5, 5.41) is 16.2. The van der Waals surface area contributed by atoms with Crippen molar-refractivity contribution in [3.05, 3.63) is 101 Å². The van der Waals surface area contributed by atoms with Crippen molar-refractivity contribution in [2.24, 2.45) is 5.10 Å². The van der Waals surface area contributed by atoms with Crippen molar-refractivity contribution < 1.29 is 9.84 Å². The van der Waals surface area contributed by atoms with Gasteiger partial charge in [-0.1, -0.05) is 66.2 Å². The van der Waals surface area contributed by atoms with E-state index in [0.29, 0.717) is 6.54 Å². The molecule has 1 aliphatic rings. The summed E-state index contributed by atoms with van der Waals surface area (Å²) < 4.78 is 5.52. The van der Waals surface area contributed by atoms with Crippen molar-refractivity contribution in [1.29, 1.82) is 0 Å². The lowest BCUT2D eigenvalue weighted by Gasteiger charge is -2.24. The van der Waals surface area contributed by atoms with Crippen LogP contribution < -0.4 is 4.74 Å². The van der Waals surface area contributed by atoms with Gasteiger partial charge in [0.05, 0.1) is 32.0 Å². The van der Waals surface area contributed by atoms with Gasteiger partial charge in [-0.05, 0) is 49.6 Å². The second-order valence-electron chi connectivity index (χ2n) is 7.85. The molecule has 1 atom stereocenters. The zero-order valence-electron chi connectivity index (χ0n) is 18.9. The van der Waals surface area contributed by atoms with Gasteiger partial charge in [0, 0.05) is 12.0 Å². The molecule has 4 rings (SSSR count). The van der Waals surface area contributed by atoms with Crippen LogP contribution in [0.5, 0.6) is 5.75 Å². The first-order valence-electron chi connectivity index (χ1n) is 10.7. The molecule has 1 aliphatic heterocycles. The highest BCUT2D eigenvalue weighted by Gasteiger charge is 2.30. The number of aryl methyl sites for hydroxylation is 3. The van der Waals surface area contributed by atoms with Crippen molar-refractivity contribution in [2.75, 3.05) is 20.3 Å². The van der Waals surface area contributed by atoms with Crippen LogP contribution in [0.2, 0.25) is 0 Å². The molecule has 0 saturated carbocycles. The number of methoxy groups -OCH3 is 1. The van der Waals surface area contributed by atoms with E-state index >= 15 is 0 Å². The van der Waals surface area contributed by atoms with Crippen LogP contribution in [0.4, 0.5) is 0 Å². The van der Waals surface area contributed by atoms with E-state index < -0.39 is 0 Å². The monoisotopic (exact) mass is 416 g/mol. The maximum Gasteiger partial charge on any atom is 0.124 e. The molecule has 0 amide bonds. The minimum Gasteiger partial charge on any atom is -0.496 e. The predicted molar refractivity (Wildman–Crippen MR) is 128 cm³/mol. The van der Waals surface area contributed by atoms with Crippen molar-refractivity contribution in [2.45, 2.75) is 33.2 Å². The molecule has 4 heteroatoms. The molecule has 0 aromatic heterocycles. The number of ether oxygens (including phenoxy) is 1. The van der Waals surface area contributed by atoms with Gasteiger partial charge in [0.2, 0.25) is 0 Å². The number of rotatable bonds is 5. The fourth-order valence-electron chi connectivity index (χ4n) is 3.71. The number of aliphatic hydroxyl groups is 1. The Labute approximate surface area is 185 Å². The molecule has 0 spiro atoms. The molecular formula is C27H32N2O2. The normalized spacial score (nSPS) is 15.2. The Morgan fingerprint density at radius 1 is 0.935 bits per heavy atom. The highest BCUT2D eigenvalue weighted by Crippen LogP contribution is 2.37. The van der Waals surface area contributed by atoms with Gasteiger partial charge >= 0.3 is 0 Å². The molecule has 4 nitrogen and oxygen atoms in total. The quantitative estimate of drug-likeness (QED) is 0.601. The molecule has 162 valence electrons. The molecule has 0 fully saturated rings. The third-order valence-corrected chi connectivity index (χ3v) is 5.60. The van der Waals surface area contributed by atoms with Crippen LogP contribution >= 0.6 is 0 Å². The average Bonchev–Trinajstić information content (AvgIpc) is 3.20. The van der Waals surface area contributed by atoms with Crippen LogP contribution in [0.15, 0.2) is 77.9 Å². The second-order valence-corrected chi connectivity index (χ2v) is 7.85. The fourth-order valence-corrected chi connectivity index (χ4v) is 3.71. The van der Waals surface area contributed by atoms with Gasteiger partial charge in [-0.15, -0.1) is 0 Å². The molecule has 3 aromatic carbocycles. The van der Waals surface area contributed by atoms with E-state index in [2.05, 4.69) is 57.2 Å². The van der Waals surface area contributed by atoms with E-state index in [-0.39, 0.29) is 12.6 Å². The lowest BCUT2D eigenvalue weighted by Crippen LogP contribution is -2.23. The minimum atomic E-state index is 0.0787. The lowest BCUT2D eigenvalue weighted by atomic mass is 9.96. The van der Waals surface area contributed by atoms with Crippen molar-refractivity contribution in [1.82, 2.24) is 5.01 Å². The summed E-state index contributed by atoms with van der Waals surface area (Å²) in [4.78, 5) is 0. The van der Waals surface area contributed by atoms with Crippen LogP contribution in [0.25, 0.3) is 0 Å². The Hall–Kier alpha value is -3.11. The van der Waals surface area contributed by atoms with Crippen LogP contribution in [0, 0.1) is 20.8 Å². The first-order valence-corrected chi connectivity index (χ1v) is 10.7. The van der Waals surface area contributed by atoms with Crippen molar-refractivity contribution >= 4 is 5.71 Å². The number of hydrazone groups is 1. The van der Waals surface area contributed by atoms with Crippen LogP contribution in [0.3, 0.4) is 0 Å². The number of para-hydroxylation sites is 1. The summed E-state index contributed by atoms with van der Waals surface area (Å²) in [6.07, 6.45) is 0.808. The van der Waals surface area contributed by atoms with Gasteiger partial charge in [-0.3, -0.25) is 5.01 Å². The van der Waals surface area contributed by atoms with Crippen molar-refractivity contribution in [3.63, 3.8) is 0 Å². The summed E-state index contributed by atoms with van der Waals surface area (Å²) in [6.45, 7) is 6.91. The van der Waals surface area contributed by atoms with Crippen LogP contribution in [-0.4, -0.2) is 36.1 Å². The summed E-state index contributed by atoms with van der Waals surface area (Å²) in [7, 11) is 1.69. The second kappa shape index (κ2) is 10.8. The van der Waals surface area contributed by atoms with E-state index in [1.807, 2.05) is 41.4 Å². The van der Waals surface area contributed by atoms with E-state index in [1.54, 1.807) is 7.11 Å². The maximum absolute atomic E-state index is 9.41. The first kappa shape index (κ1) is 22.6. The summed E-state index contributed by atoms with van der Waals surface area (Å²) in [5.41, 5.74) is 7.19. The zero-order valence-corrected chi connectivity index (χ0v) is 18.9. The van der Waals surface area contributed by atoms with E-state index in [1.165, 1.54) is 16.7 Å².